The van der Waals surface area contributed by atoms with Gasteiger partial charge in [0.1, 0.15) is 0 Å². The summed E-state index contributed by atoms with van der Waals surface area (Å²) in [6.07, 6.45) is 1.26. The SMILES string of the molecule is CCOC(=O)N1CCC(Cn2nc(CC(=O)OC)c3ccccc3c2=O)CC1. The Morgan fingerprint density at radius 2 is 1.86 bits per heavy atom. The van der Waals surface area contributed by atoms with Crippen molar-refractivity contribution < 1.29 is 19.1 Å². The molecule has 3 rings (SSSR count). The van der Waals surface area contributed by atoms with Crippen molar-refractivity contribution in [2.24, 2.45) is 5.92 Å². The maximum absolute atomic E-state index is 12.9. The summed E-state index contributed by atoms with van der Waals surface area (Å²) in [5.74, 6) is -0.173. The van der Waals surface area contributed by atoms with Crippen LogP contribution in [0, 0.1) is 5.92 Å². The lowest BCUT2D eigenvalue weighted by Gasteiger charge is -2.31. The van der Waals surface area contributed by atoms with Gasteiger partial charge >= 0.3 is 12.1 Å². The summed E-state index contributed by atoms with van der Waals surface area (Å²) in [4.78, 5) is 38.2. The summed E-state index contributed by atoms with van der Waals surface area (Å²) in [7, 11) is 1.33. The summed E-state index contributed by atoms with van der Waals surface area (Å²) in [6.45, 7) is 3.79. The van der Waals surface area contributed by atoms with Crippen molar-refractivity contribution >= 4 is 22.8 Å². The molecule has 2 aromatic rings. The monoisotopic (exact) mass is 387 g/mol. The highest BCUT2D eigenvalue weighted by Gasteiger charge is 2.25. The van der Waals surface area contributed by atoms with Gasteiger partial charge in [0, 0.05) is 25.0 Å². The number of amides is 1. The molecule has 1 aliphatic heterocycles. The number of rotatable bonds is 5. The summed E-state index contributed by atoms with van der Waals surface area (Å²) < 4.78 is 11.3. The Hall–Kier alpha value is -2.90. The van der Waals surface area contributed by atoms with Crippen LogP contribution in [0.25, 0.3) is 10.8 Å². The zero-order chi connectivity index (χ0) is 20.1. The van der Waals surface area contributed by atoms with Gasteiger partial charge in [-0.1, -0.05) is 18.2 Å². The van der Waals surface area contributed by atoms with Gasteiger partial charge in [-0.2, -0.15) is 5.10 Å². The zero-order valence-electron chi connectivity index (χ0n) is 16.2. The van der Waals surface area contributed by atoms with Crippen LogP contribution in [0.4, 0.5) is 4.79 Å². The van der Waals surface area contributed by atoms with E-state index in [1.807, 2.05) is 6.07 Å². The summed E-state index contributed by atoms with van der Waals surface area (Å²) in [6, 6.07) is 7.16. The van der Waals surface area contributed by atoms with E-state index in [1.165, 1.54) is 11.8 Å². The average Bonchev–Trinajstić information content (AvgIpc) is 2.72. The largest absolute Gasteiger partial charge is 0.469 e. The fourth-order valence-corrected chi connectivity index (χ4v) is 3.53. The number of methoxy groups -OCH3 is 1. The predicted octanol–water partition coefficient (Wildman–Crippen LogP) is 1.98. The van der Waals surface area contributed by atoms with E-state index in [4.69, 9.17) is 9.47 Å². The minimum absolute atomic E-state index is 0.0125. The number of fused-ring (bicyclic) bond motifs is 1. The van der Waals surface area contributed by atoms with Crippen molar-refractivity contribution in [3.63, 3.8) is 0 Å². The van der Waals surface area contributed by atoms with E-state index < -0.39 is 5.97 Å². The van der Waals surface area contributed by atoms with Gasteiger partial charge < -0.3 is 14.4 Å². The standard InChI is InChI=1S/C20H25N3O5/c1-3-28-20(26)22-10-8-14(9-11-22)13-23-19(25)16-7-5-4-6-15(16)17(21-23)12-18(24)27-2/h4-7,14H,3,8-13H2,1-2H3. The predicted molar refractivity (Wildman–Crippen MR) is 103 cm³/mol. The minimum atomic E-state index is -0.398. The van der Waals surface area contributed by atoms with Crippen molar-refractivity contribution in [2.75, 3.05) is 26.8 Å². The normalized spacial score (nSPS) is 14.9. The average molecular weight is 387 g/mol. The quantitative estimate of drug-likeness (QED) is 0.729. The third-order valence-corrected chi connectivity index (χ3v) is 5.06. The fraction of sp³-hybridized carbons (Fsp3) is 0.500. The van der Waals surface area contributed by atoms with Gasteiger partial charge in [-0.15, -0.1) is 0 Å². The van der Waals surface area contributed by atoms with Crippen LogP contribution in [-0.2, 0) is 27.2 Å². The highest BCUT2D eigenvalue weighted by molar-refractivity contribution is 5.86. The summed E-state index contributed by atoms with van der Waals surface area (Å²) in [5, 5.41) is 5.68. The molecule has 1 aromatic carbocycles. The van der Waals surface area contributed by atoms with E-state index in [1.54, 1.807) is 30.0 Å². The number of carbonyl (C=O) groups is 2. The molecule has 8 heteroatoms. The van der Waals surface area contributed by atoms with Crippen LogP contribution in [0.2, 0.25) is 0 Å². The van der Waals surface area contributed by atoms with Crippen LogP contribution >= 0.6 is 0 Å². The molecule has 0 aliphatic carbocycles. The topological polar surface area (TPSA) is 90.7 Å². The lowest BCUT2D eigenvalue weighted by molar-refractivity contribution is -0.139. The molecule has 150 valence electrons. The molecule has 1 saturated heterocycles. The first-order valence-corrected chi connectivity index (χ1v) is 9.50. The molecule has 0 atom stereocenters. The first-order chi connectivity index (χ1) is 13.5. The molecule has 1 aromatic heterocycles. The van der Waals surface area contributed by atoms with Crippen LogP contribution in [0.15, 0.2) is 29.1 Å². The Bertz CT molecular complexity index is 916. The van der Waals surface area contributed by atoms with Gasteiger partial charge in [0.15, 0.2) is 0 Å². The fourth-order valence-electron chi connectivity index (χ4n) is 3.53. The van der Waals surface area contributed by atoms with E-state index in [0.717, 1.165) is 12.8 Å². The molecule has 1 amide bonds. The molecule has 0 spiro atoms. The Balaban J connectivity index is 1.80. The van der Waals surface area contributed by atoms with Gasteiger partial charge in [0.25, 0.3) is 5.56 Å². The number of hydrogen-bond acceptors (Lipinski definition) is 6. The van der Waals surface area contributed by atoms with Crippen LogP contribution in [0.3, 0.4) is 0 Å². The summed E-state index contributed by atoms with van der Waals surface area (Å²) >= 11 is 0. The number of aromatic nitrogens is 2. The van der Waals surface area contributed by atoms with Gasteiger partial charge in [-0.3, -0.25) is 9.59 Å². The first-order valence-electron chi connectivity index (χ1n) is 9.50. The van der Waals surface area contributed by atoms with Gasteiger partial charge in [0.2, 0.25) is 0 Å². The number of hydrogen-bond donors (Lipinski definition) is 0. The Kier molecular flexibility index (Phi) is 6.28. The zero-order valence-corrected chi connectivity index (χ0v) is 16.2. The molecule has 0 saturated carbocycles. The lowest BCUT2D eigenvalue weighted by atomic mass is 9.97. The summed E-state index contributed by atoms with van der Waals surface area (Å²) in [5.41, 5.74) is 0.364. The molecule has 0 unspecified atom stereocenters. The number of nitrogens with zero attached hydrogens (tertiary/aromatic N) is 3. The van der Waals surface area contributed by atoms with Crippen LogP contribution in [0.1, 0.15) is 25.5 Å². The molecule has 0 N–H and O–H groups in total. The van der Waals surface area contributed by atoms with Crippen molar-refractivity contribution in [2.45, 2.75) is 32.7 Å². The van der Waals surface area contributed by atoms with Gasteiger partial charge in [-0.05, 0) is 31.7 Å². The number of piperidine rings is 1. The van der Waals surface area contributed by atoms with Crippen molar-refractivity contribution in [3.05, 3.63) is 40.3 Å². The van der Waals surface area contributed by atoms with E-state index in [2.05, 4.69) is 5.10 Å². The molecular weight excluding hydrogens is 362 g/mol. The Labute approximate surface area is 163 Å². The molecule has 0 radical (unpaired) electrons. The number of ether oxygens (including phenoxy) is 2. The van der Waals surface area contributed by atoms with E-state index in [9.17, 15) is 14.4 Å². The van der Waals surface area contributed by atoms with Crippen molar-refractivity contribution in [3.8, 4) is 0 Å². The number of likely N-dealkylation sites (tertiary alicyclic amines) is 1. The van der Waals surface area contributed by atoms with E-state index in [-0.39, 0.29) is 24.0 Å². The minimum Gasteiger partial charge on any atom is -0.469 e. The first kappa shape index (κ1) is 19.9. The van der Waals surface area contributed by atoms with Crippen LogP contribution < -0.4 is 5.56 Å². The number of benzene rings is 1. The smallest absolute Gasteiger partial charge is 0.409 e. The maximum Gasteiger partial charge on any atom is 0.409 e. The highest BCUT2D eigenvalue weighted by atomic mass is 16.6. The molecular formula is C20H25N3O5. The van der Waals surface area contributed by atoms with Crippen molar-refractivity contribution in [1.82, 2.24) is 14.7 Å². The third kappa shape index (κ3) is 4.32. The van der Waals surface area contributed by atoms with Crippen LogP contribution in [0.5, 0.6) is 0 Å². The number of esters is 1. The van der Waals surface area contributed by atoms with Gasteiger partial charge in [-0.25, -0.2) is 9.48 Å². The van der Waals surface area contributed by atoms with E-state index in [0.29, 0.717) is 42.7 Å². The second-order valence-electron chi connectivity index (χ2n) is 6.86. The Morgan fingerprint density at radius 1 is 1.18 bits per heavy atom. The Morgan fingerprint density at radius 3 is 2.50 bits per heavy atom. The lowest BCUT2D eigenvalue weighted by Crippen LogP contribution is -2.40. The molecule has 2 heterocycles. The van der Waals surface area contributed by atoms with Gasteiger partial charge in [0.05, 0.1) is 31.2 Å². The second kappa shape index (κ2) is 8.86. The van der Waals surface area contributed by atoms with Crippen molar-refractivity contribution in [1.29, 1.82) is 0 Å². The molecule has 1 aliphatic rings. The molecule has 1 fully saturated rings. The molecule has 28 heavy (non-hydrogen) atoms. The number of carbonyl (C=O) groups excluding carboxylic acids is 2. The van der Waals surface area contributed by atoms with Crippen LogP contribution in [-0.4, -0.2) is 53.5 Å². The molecule has 0 bridgehead atoms. The highest BCUT2D eigenvalue weighted by Crippen LogP contribution is 2.20. The maximum atomic E-state index is 12.9. The molecule has 8 nitrogen and oxygen atoms in total. The third-order valence-electron chi connectivity index (χ3n) is 5.06. The second-order valence-corrected chi connectivity index (χ2v) is 6.86. The van der Waals surface area contributed by atoms with E-state index >= 15 is 0 Å².